The van der Waals surface area contributed by atoms with Crippen LogP contribution in [-0.4, -0.2) is 28.1 Å². The fraction of sp³-hybridized carbons (Fsp3) is 0.417. The standard InChI is InChI=1S/C12H12BrFN2O4/c1-12(11(17)18)3-2-4-15(12)9-5-7(13)8(14)6-10(9)16(19)20/h5-6H,2-4H2,1H3,(H,17,18). The Hall–Kier alpha value is -1.70. The second-order valence-corrected chi connectivity index (χ2v) is 5.70. The van der Waals surface area contributed by atoms with Crippen LogP contribution in [0, 0.1) is 15.9 Å². The zero-order chi connectivity index (χ0) is 15.1. The number of benzene rings is 1. The van der Waals surface area contributed by atoms with Crippen molar-refractivity contribution in [3.63, 3.8) is 0 Å². The molecule has 1 fully saturated rings. The summed E-state index contributed by atoms with van der Waals surface area (Å²) >= 11 is 2.98. The molecule has 2 rings (SSSR count). The first-order valence-electron chi connectivity index (χ1n) is 5.92. The van der Waals surface area contributed by atoms with Crippen molar-refractivity contribution in [2.45, 2.75) is 25.3 Å². The van der Waals surface area contributed by atoms with Gasteiger partial charge in [-0.2, -0.15) is 0 Å². The summed E-state index contributed by atoms with van der Waals surface area (Å²) in [6, 6.07) is 2.07. The Balaban J connectivity index is 2.60. The molecule has 20 heavy (non-hydrogen) atoms. The van der Waals surface area contributed by atoms with Crippen molar-refractivity contribution >= 4 is 33.3 Å². The van der Waals surface area contributed by atoms with Crippen LogP contribution in [0.3, 0.4) is 0 Å². The van der Waals surface area contributed by atoms with Gasteiger partial charge in [0.2, 0.25) is 0 Å². The largest absolute Gasteiger partial charge is 0.480 e. The fourth-order valence-corrected chi connectivity index (χ4v) is 2.79. The predicted molar refractivity (Wildman–Crippen MR) is 73.4 cm³/mol. The molecule has 0 radical (unpaired) electrons. The van der Waals surface area contributed by atoms with E-state index in [1.54, 1.807) is 0 Å². The van der Waals surface area contributed by atoms with Crippen LogP contribution in [-0.2, 0) is 4.79 Å². The van der Waals surface area contributed by atoms with E-state index in [-0.39, 0.29) is 10.2 Å². The van der Waals surface area contributed by atoms with Crippen molar-refractivity contribution in [1.29, 1.82) is 0 Å². The van der Waals surface area contributed by atoms with Crippen LogP contribution in [0.15, 0.2) is 16.6 Å². The van der Waals surface area contributed by atoms with Gasteiger partial charge in [0, 0.05) is 6.54 Å². The molecule has 8 heteroatoms. The molecule has 108 valence electrons. The quantitative estimate of drug-likeness (QED) is 0.671. The molecule has 0 saturated carbocycles. The molecule has 0 bridgehead atoms. The Morgan fingerprint density at radius 2 is 2.25 bits per heavy atom. The third-order valence-electron chi connectivity index (χ3n) is 3.61. The van der Waals surface area contributed by atoms with Crippen LogP contribution < -0.4 is 4.90 Å². The van der Waals surface area contributed by atoms with Gasteiger partial charge in [-0.25, -0.2) is 9.18 Å². The van der Waals surface area contributed by atoms with Crippen LogP contribution in [0.4, 0.5) is 15.8 Å². The third-order valence-corrected chi connectivity index (χ3v) is 4.21. The lowest BCUT2D eigenvalue weighted by atomic mass is 9.98. The van der Waals surface area contributed by atoms with E-state index >= 15 is 0 Å². The van der Waals surface area contributed by atoms with Gasteiger partial charge in [0.1, 0.15) is 17.0 Å². The number of nitro groups is 1. The summed E-state index contributed by atoms with van der Waals surface area (Å²) in [5.74, 6) is -1.80. The molecule has 1 N–H and O–H groups in total. The number of hydrogen-bond donors (Lipinski definition) is 1. The van der Waals surface area contributed by atoms with E-state index in [0.29, 0.717) is 19.4 Å². The van der Waals surface area contributed by atoms with E-state index in [0.717, 1.165) is 6.07 Å². The summed E-state index contributed by atoms with van der Waals surface area (Å²) in [5, 5.41) is 20.4. The molecule has 1 aliphatic rings. The highest BCUT2D eigenvalue weighted by Gasteiger charge is 2.45. The number of carboxylic acid groups (broad SMARTS) is 1. The predicted octanol–water partition coefficient (Wildman–Crippen LogP) is 2.94. The lowest BCUT2D eigenvalue weighted by Crippen LogP contribution is -2.48. The number of nitro benzene ring substituents is 1. The second-order valence-electron chi connectivity index (χ2n) is 4.85. The van der Waals surface area contributed by atoms with Crippen LogP contribution in [0.1, 0.15) is 19.8 Å². The smallest absolute Gasteiger partial charge is 0.329 e. The van der Waals surface area contributed by atoms with E-state index in [2.05, 4.69) is 15.9 Å². The number of nitrogens with zero attached hydrogens (tertiary/aromatic N) is 2. The minimum absolute atomic E-state index is 0.0674. The lowest BCUT2D eigenvalue weighted by Gasteiger charge is -2.32. The molecule has 1 heterocycles. The maximum Gasteiger partial charge on any atom is 0.329 e. The second kappa shape index (κ2) is 5.01. The zero-order valence-electron chi connectivity index (χ0n) is 10.6. The van der Waals surface area contributed by atoms with Crippen molar-refractivity contribution in [3.8, 4) is 0 Å². The van der Waals surface area contributed by atoms with Crippen molar-refractivity contribution < 1.29 is 19.2 Å². The monoisotopic (exact) mass is 346 g/mol. The summed E-state index contributed by atoms with van der Waals surface area (Å²) < 4.78 is 13.5. The van der Waals surface area contributed by atoms with Crippen molar-refractivity contribution in [2.24, 2.45) is 0 Å². The van der Waals surface area contributed by atoms with Gasteiger partial charge in [-0.3, -0.25) is 10.1 Å². The van der Waals surface area contributed by atoms with Gasteiger partial charge in [-0.15, -0.1) is 0 Å². The van der Waals surface area contributed by atoms with Gasteiger partial charge in [-0.1, -0.05) is 0 Å². The molecule has 1 aliphatic heterocycles. The Kier molecular flexibility index (Phi) is 3.68. The van der Waals surface area contributed by atoms with Gasteiger partial charge in [0.25, 0.3) is 5.69 Å². The molecule has 6 nitrogen and oxygen atoms in total. The van der Waals surface area contributed by atoms with Gasteiger partial charge in [0.15, 0.2) is 0 Å². The molecule has 1 saturated heterocycles. The summed E-state index contributed by atoms with van der Waals surface area (Å²) in [6.45, 7) is 1.89. The maximum atomic E-state index is 13.5. The first kappa shape index (κ1) is 14.7. The Labute approximate surface area is 122 Å². The highest BCUT2D eigenvalue weighted by atomic mass is 79.9. The normalized spacial score (nSPS) is 22.1. The number of carboxylic acids is 1. The maximum absolute atomic E-state index is 13.5. The Bertz CT molecular complexity index is 595. The van der Waals surface area contributed by atoms with Crippen LogP contribution >= 0.6 is 15.9 Å². The Morgan fingerprint density at radius 3 is 2.80 bits per heavy atom. The van der Waals surface area contributed by atoms with Gasteiger partial charge < -0.3 is 10.0 Å². The summed E-state index contributed by atoms with van der Waals surface area (Å²) in [4.78, 5) is 23.3. The van der Waals surface area contributed by atoms with Crippen LogP contribution in [0.25, 0.3) is 0 Å². The molecule has 0 aromatic heterocycles. The summed E-state index contributed by atoms with van der Waals surface area (Å²) in [6.07, 6.45) is 0.990. The van der Waals surface area contributed by atoms with E-state index < -0.39 is 27.9 Å². The lowest BCUT2D eigenvalue weighted by molar-refractivity contribution is -0.384. The number of halogens is 2. The Morgan fingerprint density at radius 1 is 1.60 bits per heavy atom. The highest BCUT2D eigenvalue weighted by Crippen LogP contribution is 2.41. The summed E-state index contributed by atoms with van der Waals surface area (Å²) in [7, 11) is 0. The SMILES string of the molecule is CC1(C(=O)O)CCCN1c1cc(Br)c(F)cc1[N+](=O)[O-]. The fourth-order valence-electron chi connectivity index (χ4n) is 2.46. The van der Waals surface area contributed by atoms with Crippen molar-refractivity contribution in [3.05, 3.63) is 32.5 Å². The molecule has 1 atom stereocenters. The number of anilines is 1. The number of hydrogen-bond acceptors (Lipinski definition) is 4. The van der Waals surface area contributed by atoms with Crippen molar-refractivity contribution in [2.75, 3.05) is 11.4 Å². The first-order valence-corrected chi connectivity index (χ1v) is 6.71. The molecular weight excluding hydrogens is 335 g/mol. The third kappa shape index (κ3) is 2.24. The highest BCUT2D eigenvalue weighted by molar-refractivity contribution is 9.10. The van der Waals surface area contributed by atoms with E-state index in [1.807, 2.05) is 0 Å². The minimum atomic E-state index is -1.22. The number of carbonyl (C=O) groups is 1. The van der Waals surface area contributed by atoms with E-state index in [9.17, 15) is 24.4 Å². The first-order chi connectivity index (χ1) is 9.27. The van der Waals surface area contributed by atoms with Crippen molar-refractivity contribution in [1.82, 2.24) is 0 Å². The molecule has 1 aromatic carbocycles. The molecular formula is C12H12BrFN2O4. The average molecular weight is 347 g/mol. The zero-order valence-corrected chi connectivity index (χ0v) is 12.2. The topological polar surface area (TPSA) is 83.7 Å². The van der Waals surface area contributed by atoms with E-state index in [4.69, 9.17) is 0 Å². The van der Waals surface area contributed by atoms with Gasteiger partial charge >= 0.3 is 5.97 Å². The number of aliphatic carboxylic acids is 1. The minimum Gasteiger partial charge on any atom is -0.480 e. The molecule has 1 aromatic rings. The number of rotatable bonds is 3. The van der Waals surface area contributed by atoms with Gasteiger partial charge in [0.05, 0.1) is 15.5 Å². The van der Waals surface area contributed by atoms with Gasteiger partial charge in [-0.05, 0) is 41.8 Å². The van der Waals surface area contributed by atoms with Crippen LogP contribution in [0.5, 0.6) is 0 Å². The molecule has 0 amide bonds. The molecule has 0 spiro atoms. The van der Waals surface area contributed by atoms with E-state index in [1.165, 1.54) is 17.9 Å². The molecule has 0 aliphatic carbocycles. The molecule has 1 unspecified atom stereocenters. The summed E-state index contributed by atoms with van der Waals surface area (Å²) in [5.41, 5.74) is -1.53. The average Bonchev–Trinajstić information content (AvgIpc) is 2.75. The van der Waals surface area contributed by atoms with Crippen LogP contribution in [0.2, 0.25) is 0 Å².